The third-order valence-electron chi connectivity index (χ3n) is 5.50. The summed E-state index contributed by atoms with van der Waals surface area (Å²) >= 11 is 0.845. The summed E-state index contributed by atoms with van der Waals surface area (Å²) in [5.41, 5.74) is 4.25. The predicted molar refractivity (Wildman–Crippen MR) is 121 cm³/mol. The topological polar surface area (TPSA) is 66.9 Å². The molecule has 1 atom stereocenters. The largest absolute Gasteiger partial charge is 0.467 e. The lowest BCUT2D eigenvalue weighted by Gasteiger charge is -2.43. The van der Waals surface area contributed by atoms with E-state index in [0.29, 0.717) is 4.91 Å². The zero-order chi connectivity index (χ0) is 22.2. The molecule has 0 saturated carbocycles. The Morgan fingerprint density at radius 2 is 2.00 bits per heavy atom. The molecule has 1 aromatic carbocycles. The Morgan fingerprint density at radius 3 is 2.63 bits per heavy atom. The van der Waals surface area contributed by atoms with E-state index < -0.39 is 23.2 Å². The van der Waals surface area contributed by atoms with Crippen LogP contribution in [0.1, 0.15) is 52.2 Å². The first-order valence-electron chi connectivity index (χ1n) is 10.1. The zero-order valence-corrected chi connectivity index (χ0v) is 19.1. The Kier molecular flexibility index (Phi) is 6.13. The van der Waals surface area contributed by atoms with E-state index in [9.17, 15) is 14.4 Å². The van der Waals surface area contributed by atoms with Gasteiger partial charge in [0.15, 0.2) is 0 Å². The number of hydrogen-bond donors (Lipinski definition) is 0. The maximum Gasteiger partial charge on any atom is 0.328 e. The number of carbonyl (C=O) groups excluding carboxylic acids is 3. The molecule has 1 saturated heterocycles. The van der Waals surface area contributed by atoms with Crippen LogP contribution in [0.25, 0.3) is 11.6 Å². The molecule has 1 unspecified atom stereocenters. The Hall–Kier alpha value is -2.54. The van der Waals surface area contributed by atoms with Crippen LogP contribution in [0, 0.1) is 0 Å². The van der Waals surface area contributed by atoms with Gasteiger partial charge in [-0.1, -0.05) is 19.1 Å². The third kappa shape index (κ3) is 3.90. The van der Waals surface area contributed by atoms with Crippen molar-refractivity contribution in [3.05, 3.63) is 40.3 Å². The van der Waals surface area contributed by atoms with Crippen molar-refractivity contribution in [2.75, 3.05) is 18.6 Å². The molecule has 2 heterocycles. The monoisotopic (exact) mass is 428 g/mol. The molecule has 0 spiro atoms. The number of imide groups is 1. The van der Waals surface area contributed by atoms with E-state index in [2.05, 4.69) is 55.5 Å². The average molecular weight is 429 g/mol. The lowest BCUT2D eigenvalue weighted by atomic mass is 9.88. The Bertz CT molecular complexity index is 964. The van der Waals surface area contributed by atoms with Gasteiger partial charge in [-0.3, -0.25) is 14.5 Å². The Balaban J connectivity index is 1.95. The first kappa shape index (κ1) is 22.2. The van der Waals surface area contributed by atoms with Crippen LogP contribution in [0.5, 0.6) is 0 Å². The van der Waals surface area contributed by atoms with Crippen LogP contribution in [-0.4, -0.2) is 47.3 Å². The number of methoxy groups -OCH3 is 1. The smallest absolute Gasteiger partial charge is 0.328 e. The van der Waals surface area contributed by atoms with Crippen LogP contribution in [-0.2, 0) is 14.3 Å². The molecule has 0 N–H and O–H groups in total. The molecular weight excluding hydrogens is 400 g/mol. The molecule has 3 rings (SSSR count). The van der Waals surface area contributed by atoms with Crippen molar-refractivity contribution in [1.82, 2.24) is 4.90 Å². The minimum atomic E-state index is -0.952. The van der Waals surface area contributed by atoms with E-state index in [4.69, 9.17) is 0 Å². The van der Waals surface area contributed by atoms with Gasteiger partial charge in [0.2, 0.25) is 0 Å². The number of carbonyl (C=O) groups is 3. The SMILES string of the molecule is CCCN1c2ccc(/C=C3\SC(=O)N(C(C)C(=O)OC)C3=O)cc2C(C)=CC1(C)C. The fourth-order valence-corrected chi connectivity index (χ4v) is 4.97. The predicted octanol–water partition coefficient (Wildman–Crippen LogP) is 4.70. The van der Waals surface area contributed by atoms with Gasteiger partial charge in [0, 0.05) is 17.8 Å². The highest BCUT2D eigenvalue weighted by atomic mass is 32.2. The summed E-state index contributed by atoms with van der Waals surface area (Å²) in [5.74, 6) is -1.09. The van der Waals surface area contributed by atoms with Crippen molar-refractivity contribution >= 4 is 46.2 Å². The summed E-state index contributed by atoms with van der Waals surface area (Å²) < 4.78 is 4.67. The molecule has 0 bridgehead atoms. The lowest BCUT2D eigenvalue weighted by molar-refractivity contribution is -0.148. The van der Waals surface area contributed by atoms with Gasteiger partial charge in [0.05, 0.1) is 17.6 Å². The highest BCUT2D eigenvalue weighted by Crippen LogP contribution is 2.40. The van der Waals surface area contributed by atoms with Gasteiger partial charge < -0.3 is 9.64 Å². The summed E-state index contributed by atoms with van der Waals surface area (Å²) in [6, 6.07) is 5.15. The Labute approximate surface area is 181 Å². The number of esters is 1. The molecule has 1 fully saturated rings. The first-order valence-corrected chi connectivity index (χ1v) is 10.9. The number of allylic oxidation sites excluding steroid dienone is 1. The van der Waals surface area contributed by atoms with Crippen LogP contribution >= 0.6 is 11.8 Å². The highest BCUT2D eigenvalue weighted by Gasteiger charge is 2.41. The maximum absolute atomic E-state index is 12.7. The quantitative estimate of drug-likeness (QED) is 0.500. The number of benzene rings is 1. The van der Waals surface area contributed by atoms with Gasteiger partial charge in [-0.05, 0) is 75.2 Å². The highest BCUT2D eigenvalue weighted by molar-refractivity contribution is 8.18. The number of rotatable bonds is 5. The summed E-state index contributed by atoms with van der Waals surface area (Å²) in [6.45, 7) is 11.1. The minimum absolute atomic E-state index is 0.0682. The van der Waals surface area contributed by atoms with Crippen molar-refractivity contribution < 1.29 is 19.1 Å². The summed E-state index contributed by atoms with van der Waals surface area (Å²) in [4.78, 5) is 40.5. The molecule has 0 radical (unpaired) electrons. The van der Waals surface area contributed by atoms with Crippen molar-refractivity contribution in [3.8, 4) is 0 Å². The van der Waals surface area contributed by atoms with Crippen LogP contribution in [0.15, 0.2) is 29.2 Å². The minimum Gasteiger partial charge on any atom is -0.467 e. The number of ether oxygens (including phenoxy) is 1. The van der Waals surface area contributed by atoms with E-state index in [-0.39, 0.29) is 5.54 Å². The number of anilines is 1. The van der Waals surface area contributed by atoms with E-state index >= 15 is 0 Å². The molecule has 7 heteroatoms. The molecule has 2 amide bonds. The molecule has 30 heavy (non-hydrogen) atoms. The van der Waals surface area contributed by atoms with Crippen molar-refractivity contribution in [2.45, 2.75) is 52.6 Å². The Morgan fingerprint density at radius 1 is 1.30 bits per heavy atom. The number of nitrogens with zero attached hydrogens (tertiary/aromatic N) is 2. The molecular formula is C23H28N2O4S. The molecule has 2 aliphatic heterocycles. The maximum atomic E-state index is 12.7. The number of fused-ring (bicyclic) bond motifs is 1. The van der Waals surface area contributed by atoms with E-state index in [1.807, 2.05) is 6.07 Å². The number of amides is 2. The van der Waals surface area contributed by atoms with E-state index in [1.165, 1.54) is 25.3 Å². The van der Waals surface area contributed by atoms with Crippen LogP contribution in [0.2, 0.25) is 0 Å². The average Bonchev–Trinajstić information content (AvgIpc) is 2.96. The third-order valence-corrected chi connectivity index (χ3v) is 6.38. The second-order valence-corrected chi connectivity index (χ2v) is 9.15. The fourth-order valence-electron chi connectivity index (χ4n) is 4.06. The second-order valence-electron chi connectivity index (χ2n) is 8.16. The van der Waals surface area contributed by atoms with Gasteiger partial charge >= 0.3 is 5.97 Å². The van der Waals surface area contributed by atoms with Gasteiger partial charge in [0.1, 0.15) is 6.04 Å². The standard InChI is InChI=1S/C23H28N2O4S/c1-7-10-24-18-9-8-16(11-17(18)14(2)13-23(24,4)5)12-19-20(26)25(22(28)30-19)15(3)21(27)29-6/h8-9,11-13,15H,7,10H2,1-6H3/b19-12-. The molecule has 0 aliphatic carbocycles. The summed E-state index contributed by atoms with van der Waals surface area (Å²) in [6.07, 6.45) is 5.02. The van der Waals surface area contributed by atoms with E-state index in [1.54, 1.807) is 6.08 Å². The zero-order valence-electron chi connectivity index (χ0n) is 18.3. The van der Waals surface area contributed by atoms with Crippen molar-refractivity contribution in [3.63, 3.8) is 0 Å². The van der Waals surface area contributed by atoms with Gasteiger partial charge in [-0.25, -0.2) is 4.79 Å². The molecule has 6 nitrogen and oxygen atoms in total. The normalized spacial score (nSPS) is 20.3. The molecule has 0 aromatic heterocycles. The van der Waals surface area contributed by atoms with Crippen molar-refractivity contribution in [2.24, 2.45) is 0 Å². The van der Waals surface area contributed by atoms with Crippen LogP contribution in [0.4, 0.5) is 10.5 Å². The van der Waals surface area contributed by atoms with Crippen LogP contribution < -0.4 is 4.90 Å². The van der Waals surface area contributed by atoms with Gasteiger partial charge in [-0.2, -0.15) is 0 Å². The van der Waals surface area contributed by atoms with Crippen molar-refractivity contribution in [1.29, 1.82) is 0 Å². The second kappa shape index (κ2) is 8.30. The fraction of sp³-hybridized carbons (Fsp3) is 0.435. The molecule has 2 aliphatic rings. The number of hydrogen-bond acceptors (Lipinski definition) is 6. The molecule has 160 valence electrons. The molecule has 1 aromatic rings. The van der Waals surface area contributed by atoms with E-state index in [0.717, 1.165) is 40.8 Å². The summed E-state index contributed by atoms with van der Waals surface area (Å²) in [5, 5.41) is -0.464. The van der Waals surface area contributed by atoms with Gasteiger partial charge in [-0.15, -0.1) is 0 Å². The first-order chi connectivity index (χ1) is 14.1. The van der Waals surface area contributed by atoms with Crippen LogP contribution in [0.3, 0.4) is 0 Å². The summed E-state index contributed by atoms with van der Waals surface area (Å²) in [7, 11) is 1.24. The lowest BCUT2D eigenvalue weighted by Crippen LogP contribution is -2.45. The number of thioether (sulfide) groups is 1. The van der Waals surface area contributed by atoms with Gasteiger partial charge in [0.25, 0.3) is 11.1 Å².